The number of nitrogens with one attached hydrogen (secondary N) is 1. The molecule has 1 amide bonds. The molecule has 0 fully saturated rings. The van der Waals surface area contributed by atoms with E-state index in [4.69, 9.17) is 4.74 Å². The van der Waals surface area contributed by atoms with Crippen LogP contribution in [0.2, 0.25) is 0 Å². The zero-order valence-corrected chi connectivity index (χ0v) is 14.3. The Kier molecular flexibility index (Phi) is 4.45. The van der Waals surface area contributed by atoms with Gasteiger partial charge in [-0.25, -0.2) is 9.97 Å². The van der Waals surface area contributed by atoms with Crippen molar-refractivity contribution in [2.24, 2.45) is 0 Å². The number of rotatable bonds is 4. The molecule has 1 aliphatic heterocycles. The van der Waals surface area contributed by atoms with Crippen molar-refractivity contribution in [2.45, 2.75) is 0 Å². The fourth-order valence-electron chi connectivity index (χ4n) is 2.66. The van der Waals surface area contributed by atoms with Crippen molar-refractivity contribution in [3.05, 3.63) is 78.1 Å². The summed E-state index contributed by atoms with van der Waals surface area (Å²) in [4.78, 5) is 32.4. The van der Waals surface area contributed by atoms with Crippen molar-refractivity contribution in [3.63, 3.8) is 0 Å². The minimum absolute atomic E-state index is 0.0147. The number of anilines is 1. The maximum atomic E-state index is 12.4. The highest BCUT2D eigenvalue weighted by Crippen LogP contribution is 2.28. The molecular formula is C21H15N3O3. The van der Waals surface area contributed by atoms with Crippen LogP contribution in [0, 0.1) is 0 Å². The van der Waals surface area contributed by atoms with Crippen LogP contribution in [0.3, 0.4) is 0 Å². The van der Waals surface area contributed by atoms with Gasteiger partial charge in [0.05, 0.1) is 5.69 Å². The second-order valence-corrected chi connectivity index (χ2v) is 5.95. The first-order chi connectivity index (χ1) is 13.2. The summed E-state index contributed by atoms with van der Waals surface area (Å²) in [5.74, 6) is 0.757. The van der Waals surface area contributed by atoms with Crippen LogP contribution in [0.5, 0.6) is 5.75 Å². The monoisotopic (exact) mass is 357 g/mol. The summed E-state index contributed by atoms with van der Waals surface area (Å²) in [5.41, 5.74) is 2.61. The summed E-state index contributed by atoms with van der Waals surface area (Å²) in [5, 5.41) is 2.69. The lowest BCUT2D eigenvalue weighted by atomic mass is 10.1. The van der Waals surface area contributed by atoms with Gasteiger partial charge >= 0.3 is 0 Å². The summed E-state index contributed by atoms with van der Waals surface area (Å²) in [6, 6.07) is 14.6. The molecular weight excluding hydrogens is 342 g/mol. The number of carbonyl (C=O) groups excluding carboxylic acids is 2. The van der Waals surface area contributed by atoms with E-state index in [2.05, 4.69) is 15.3 Å². The maximum absolute atomic E-state index is 12.4. The van der Waals surface area contributed by atoms with Crippen LogP contribution in [-0.4, -0.2) is 28.3 Å². The summed E-state index contributed by atoms with van der Waals surface area (Å²) in [6.07, 6.45) is 6.44. The number of amides is 1. The average molecular weight is 357 g/mol. The Morgan fingerprint density at radius 2 is 1.85 bits per heavy atom. The number of aromatic nitrogens is 2. The third-order valence-corrected chi connectivity index (χ3v) is 4.03. The van der Waals surface area contributed by atoms with Gasteiger partial charge in [0.15, 0.2) is 18.2 Å². The highest BCUT2D eigenvalue weighted by molar-refractivity contribution is 6.08. The third-order valence-electron chi connectivity index (χ3n) is 4.03. The molecule has 1 aromatic heterocycles. The standard InChI is InChI=1S/C21H15N3O3/c25-18(16-7-9-19-17(10-16)24-20(26)13-27-19)8-6-14-11-22-21(23-12-14)15-4-2-1-3-5-15/h1-12H,13H2,(H,24,26)/b8-6-. The van der Waals surface area contributed by atoms with Gasteiger partial charge in [-0.1, -0.05) is 30.3 Å². The van der Waals surface area contributed by atoms with E-state index in [-0.39, 0.29) is 18.3 Å². The molecule has 0 radical (unpaired) electrons. The molecule has 0 spiro atoms. The second kappa shape index (κ2) is 7.21. The van der Waals surface area contributed by atoms with Gasteiger partial charge in [-0.3, -0.25) is 9.59 Å². The van der Waals surface area contributed by atoms with Gasteiger partial charge in [0.25, 0.3) is 5.91 Å². The van der Waals surface area contributed by atoms with Crippen LogP contribution in [0.25, 0.3) is 17.5 Å². The molecule has 6 heteroatoms. The largest absolute Gasteiger partial charge is 0.482 e. The van der Waals surface area contributed by atoms with E-state index in [9.17, 15) is 9.59 Å². The van der Waals surface area contributed by atoms with Gasteiger partial charge in [-0.2, -0.15) is 0 Å². The van der Waals surface area contributed by atoms with E-state index in [1.54, 1.807) is 36.7 Å². The fourth-order valence-corrected chi connectivity index (χ4v) is 2.66. The van der Waals surface area contributed by atoms with E-state index in [1.165, 1.54) is 6.08 Å². The van der Waals surface area contributed by atoms with E-state index in [0.717, 1.165) is 11.1 Å². The van der Waals surface area contributed by atoms with Gasteiger partial charge in [-0.05, 0) is 30.4 Å². The predicted octanol–water partition coefficient (Wildman–Crippen LogP) is 3.37. The number of fused-ring (bicyclic) bond motifs is 1. The molecule has 0 saturated carbocycles. The third kappa shape index (κ3) is 3.74. The first-order valence-electron chi connectivity index (χ1n) is 8.35. The van der Waals surface area contributed by atoms with Crippen LogP contribution in [-0.2, 0) is 4.79 Å². The molecule has 0 unspecified atom stereocenters. The lowest BCUT2D eigenvalue weighted by Gasteiger charge is -2.17. The lowest BCUT2D eigenvalue weighted by Crippen LogP contribution is -2.25. The molecule has 3 aromatic rings. The average Bonchev–Trinajstić information content (AvgIpc) is 2.72. The van der Waals surface area contributed by atoms with Crippen molar-refractivity contribution >= 4 is 23.5 Å². The number of nitrogens with zero attached hydrogens (tertiary/aromatic N) is 2. The molecule has 2 aromatic carbocycles. The smallest absolute Gasteiger partial charge is 0.262 e. The normalized spacial score (nSPS) is 13.0. The Balaban J connectivity index is 1.49. The van der Waals surface area contributed by atoms with E-state index in [0.29, 0.717) is 22.8 Å². The van der Waals surface area contributed by atoms with Crippen molar-refractivity contribution in [1.29, 1.82) is 0 Å². The van der Waals surface area contributed by atoms with Gasteiger partial charge in [0.2, 0.25) is 0 Å². The van der Waals surface area contributed by atoms with Crippen LogP contribution in [0.15, 0.2) is 67.0 Å². The van der Waals surface area contributed by atoms with Crippen molar-refractivity contribution in [2.75, 3.05) is 11.9 Å². The van der Waals surface area contributed by atoms with E-state index < -0.39 is 0 Å². The topological polar surface area (TPSA) is 81.2 Å². The Bertz CT molecular complexity index is 1030. The van der Waals surface area contributed by atoms with E-state index in [1.807, 2.05) is 30.3 Å². The number of hydrogen-bond donors (Lipinski definition) is 1. The zero-order valence-electron chi connectivity index (χ0n) is 14.3. The minimum Gasteiger partial charge on any atom is -0.482 e. The molecule has 27 heavy (non-hydrogen) atoms. The fraction of sp³-hybridized carbons (Fsp3) is 0.0476. The molecule has 0 aliphatic carbocycles. The SMILES string of the molecule is O=C1COc2ccc(C(=O)/C=C\c3cnc(-c4ccccc4)nc3)cc2N1. The number of hydrogen-bond acceptors (Lipinski definition) is 5. The summed E-state index contributed by atoms with van der Waals surface area (Å²) in [6.45, 7) is -0.0147. The van der Waals surface area contributed by atoms with Crippen molar-refractivity contribution in [3.8, 4) is 17.1 Å². The summed E-state index contributed by atoms with van der Waals surface area (Å²) < 4.78 is 5.29. The number of carbonyl (C=O) groups is 2. The second-order valence-electron chi connectivity index (χ2n) is 5.95. The van der Waals surface area contributed by atoms with Crippen LogP contribution in [0.4, 0.5) is 5.69 Å². The Morgan fingerprint density at radius 1 is 1.07 bits per heavy atom. The van der Waals surface area contributed by atoms with Gasteiger partial charge in [-0.15, -0.1) is 0 Å². The number of allylic oxidation sites excluding steroid dienone is 1. The number of ketones is 1. The lowest BCUT2D eigenvalue weighted by molar-refractivity contribution is -0.118. The molecule has 0 atom stereocenters. The molecule has 4 rings (SSSR count). The van der Waals surface area contributed by atoms with E-state index >= 15 is 0 Å². The Hall–Kier alpha value is -3.80. The quantitative estimate of drug-likeness (QED) is 0.572. The zero-order chi connectivity index (χ0) is 18.6. The first-order valence-corrected chi connectivity index (χ1v) is 8.35. The highest BCUT2D eigenvalue weighted by atomic mass is 16.5. The molecule has 6 nitrogen and oxygen atoms in total. The number of benzene rings is 2. The summed E-state index contributed by atoms with van der Waals surface area (Å²) >= 11 is 0. The van der Waals surface area contributed by atoms with Gasteiger partial charge < -0.3 is 10.1 Å². The molecule has 0 saturated heterocycles. The van der Waals surface area contributed by atoms with Gasteiger partial charge in [0, 0.05) is 29.1 Å². The molecule has 1 aliphatic rings. The minimum atomic E-state index is -0.238. The van der Waals surface area contributed by atoms with Crippen LogP contribution in [0.1, 0.15) is 15.9 Å². The molecule has 2 heterocycles. The number of ether oxygens (including phenoxy) is 1. The summed E-state index contributed by atoms with van der Waals surface area (Å²) in [7, 11) is 0. The molecule has 0 bridgehead atoms. The molecule has 132 valence electrons. The van der Waals surface area contributed by atoms with Crippen LogP contribution >= 0.6 is 0 Å². The predicted molar refractivity (Wildman–Crippen MR) is 101 cm³/mol. The van der Waals surface area contributed by atoms with Crippen molar-refractivity contribution < 1.29 is 14.3 Å². The van der Waals surface area contributed by atoms with Crippen molar-refractivity contribution in [1.82, 2.24) is 9.97 Å². The van der Waals surface area contributed by atoms with Crippen LogP contribution < -0.4 is 10.1 Å². The Labute approximate surface area is 155 Å². The molecule has 1 N–H and O–H groups in total. The Morgan fingerprint density at radius 3 is 2.63 bits per heavy atom. The van der Waals surface area contributed by atoms with Gasteiger partial charge in [0.1, 0.15) is 5.75 Å². The first kappa shape index (κ1) is 16.7. The maximum Gasteiger partial charge on any atom is 0.262 e. The highest BCUT2D eigenvalue weighted by Gasteiger charge is 2.17.